The van der Waals surface area contributed by atoms with Gasteiger partial charge in [-0.3, -0.25) is 4.79 Å². The number of H-pyrrole nitrogens is 1. The summed E-state index contributed by atoms with van der Waals surface area (Å²) in [5.74, 6) is 1.39. The number of rotatable bonds is 2. The molecule has 7 heteroatoms. The third-order valence-corrected chi connectivity index (χ3v) is 2.96. The monoisotopic (exact) mass is 294 g/mol. The first kappa shape index (κ1) is 17.2. The molecule has 0 atom stereocenters. The number of nitrogens with one attached hydrogen (secondary N) is 2. The molecule has 0 saturated carbocycles. The van der Waals surface area contributed by atoms with Gasteiger partial charge in [0.2, 0.25) is 0 Å². The molecule has 0 unspecified atom stereocenters. The molecule has 0 spiro atoms. The predicted molar refractivity (Wildman–Crippen MR) is 75.9 cm³/mol. The summed E-state index contributed by atoms with van der Waals surface area (Å²) in [6.45, 7) is 2.06. The van der Waals surface area contributed by atoms with Crippen molar-refractivity contribution in [1.29, 1.82) is 0 Å². The molecule has 1 amide bonds. The maximum atomic E-state index is 11.7. The highest BCUT2D eigenvalue weighted by Crippen LogP contribution is 2.22. The van der Waals surface area contributed by atoms with E-state index in [2.05, 4.69) is 15.3 Å². The molecule has 2 heterocycles. The van der Waals surface area contributed by atoms with Gasteiger partial charge in [0.15, 0.2) is 0 Å². The quantitative estimate of drug-likeness (QED) is 0.867. The number of halogens is 2. The Morgan fingerprint density at radius 1 is 1.33 bits per heavy atom. The van der Waals surface area contributed by atoms with Crippen LogP contribution in [0.1, 0.15) is 35.1 Å². The lowest BCUT2D eigenvalue weighted by atomic mass is 9.98. The maximum Gasteiger partial charge on any atom is 0.271 e. The van der Waals surface area contributed by atoms with Gasteiger partial charge in [0.25, 0.3) is 5.91 Å². The van der Waals surface area contributed by atoms with Gasteiger partial charge in [0, 0.05) is 20.0 Å². The van der Waals surface area contributed by atoms with Gasteiger partial charge in [-0.05, 0) is 25.9 Å². The number of carbonyl (C=O) groups is 1. The van der Waals surface area contributed by atoms with Crippen LogP contribution in [0.5, 0.6) is 0 Å². The summed E-state index contributed by atoms with van der Waals surface area (Å²) in [5.41, 5.74) is 0.582. The zero-order valence-corrected chi connectivity index (χ0v) is 12.2. The highest BCUT2D eigenvalue weighted by Gasteiger charge is 2.19. The first-order valence-corrected chi connectivity index (χ1v) is 5.65. The Morgan fingerprint density at radius 2 is 1.94 bits per heavy atom. The van der Waals surface area contributed by atoms with Crippen LogP contribution in [-0.2, 0) is 0 Å². The second-order valence-corrected chi connectivity index (χ2v) is 4.41. The minimum Gasteiger partial charge on any atom is -0.343 e. The Balaban J connectivity index is 0.00000144. The van der Waals surface area contributed by atoms with Gasteiger partial charge in [-0.25, -0.2) is 4.98 Å². The Kier molecular flexibility index (Phi) is 7.28. The molecular formula is C11H20Cl2N4O. The summed E-state index contributed by atoms with van der Waals surface area (Å²) in [7, 11) is 3.49. The van der Waals surface area contributed by atoms with Gasteiger partial charge < -0.3 is 15.2 Å². The highest BCUT2D eigenvalue weighted by atomic mass is 35.5. The van der Waals surface area contributed by atoms with E-state index < -0.39 is 0 Å². The second-order valence-electron chi connectivity index (χ2n) is 4.41. The van der Waals surface area contributed by atoms with Crippen molar-refractivity contribution in [3.05, 3.63) is 17.7 Å². The number of hydrogen-bond acceptors (Lipinski definition) is 3. The molecule has 0 aliphatic carbocycles. The van der Waals surface area contributed by atoms with Gasteiger partial charge in [0.1, 0.15) is 11.5 Å². The van der Waals surface area contributed by atoms with Crippen LogP contribution in [0, 0.1) is 0 Å². The lowest BCUT2D eigenvalue weighted by Gasteiger charge is -2.20. The first-order valence-electron chi connectivity index (χ1n) is 5.65. The van der Waals surface area contributed by atoms with Crippen LogP contribution in [0.4, 0.5) is 0 Å². The van der Waals surface area contributed by atoms with E-state index in [4.69, 9.17) is 0 Å². The number of aromatic nitrogens is 2. The van der Waals surface area contributed by atoms with Crippen molar-refractivity contribution in [2.24, 2.45) is 0 Å². The summed E-state index contributed by atoms with van der Waals surface area (Å²) < 4.78 is 0. The maximum absolute atomic E-state index is 11.7. The fraction of sp³-hybridized carbons (Fsp3) is 0.636. The van der Waals surface area contributed by atoms with E-state index in [1.165, 1.54) is 0 Å². The summed E-state index contributed by atoms with van der Waals surface area (Å²) in [4.78, 5) is 20.7. The number of aromatic amines is 1. The van der Waals surface area contributed by atoms with Gasteiger partial charge in [0.05, 0.1) is 6.20 Å². The average molecular weight is 295 g/mol. The Morgan fingerprint density at radius 3 is 2.50 bits per heavy atom. The molecule has 0 aromatic carbocycles. The third kappa shape index (κ3) is 3.86. The number of hydrogen-bond donors (Lipinski definition) is 2. The molecular weight excluding hydrogens is 275 g/mol. The minimum absolute atomic E-state index is 0. The standard InChI is InChI=1S/C11H18N4O.2ClH/c1-15(2)11(16)9-7-13-10(14-9)8-3-5-12-6-4-8;;/h7-8,12H,3-6H2,1-2H3,(H,13,14);2*1H. The topological polar surface area (TPSA) is 61.0 Å². The van der Waals surface area contributed by atoms with Crippen LogP contribution in [0.25, 0.3) is 0 Å². The minimum atomic E-state index is -0.0207. The van der Waals surface area contributed by atoms with Crippen LogP contribution in [0.3, 0.4) is 0 Å². The van der Waals surface area contributed by atoms with E-state index >= 15 is 0 Å². The van der Waals surface area contributed by atoms with Crippen LogP contribution in [0.15, 0.2) is 6.20 Å². The molecule has 1 aromatic heterocycles. The third-order valence-electron chi connectivity index (χ3n) is 2.96. The van der Waals surface area contributed by atoms with E-state index in [1.807, 2.05) is 0 Å². The van der Waals surface area contributed by atoms with Crippen molar-refractivity contribution in [2.45, 2.75) is 18.8 Å². The second kappa shape index (κ2) is 7.61. The van der Waals surface area contributed by atoms with Crippen molar-refractivity contribution >= 4 is 30.7 Å². The average Bonchev–Trinajstić information content (AvgIpc) is 2.78. The SMILES string of the molecule is CN(C)C(=O)c1cnc(C2CCNCC2)[nH]1.Cl.Cl. The fourth-order valence-electron chi connectivity index (χ4n) is 1.99. The van der Waals surface area contributed by atoms with E-state index in [0.29, 0.717) is 11.6 Å². The van der Waals surface area contributed by atoms with Crippen LogP contribution in [-0.4, -0.2) is 48.0 Å². The van der Waals surface area contributed by atoms with Gasteiger partial charge >= 0.3 is 0 Å². The molecule has 0 radical (unpaired) electrons. The fourth-order valence-corrected chi connectivity index (χ4v) is 1.99. The van der Waals surface area contributed by atoms with Crippen LogP contribution >= 0.6 is 24.8 Å². The molecule has 0 bridgehead atoms. The number of amides is 1. The highest BCUT2D eigenvalue weighted by molar-refractivity contribution is 5.91. The van der Waals surface area contributed by atoms with Gasteiger partial charge in [-0.15, -0.1) is 24.8 Å². The number of nitrogens with zero attached hydrogens (tertiary/aromatic N) is 2. The lowest BCUT2D eigenvalue weighted by Crippen LogP contribution is -2.27. The molecule has 1 aliphatic rings. The van der Waals surface area contributed by atoms with E-state index in [9.17, 15) is 4.79 Å². The van der Waals surface area contributed by atoms with E-state index in [1.54, 1.807) is 25.2 Å². The molecule has 1 aromatic rings. The summed E-state index contributed by atoms with van der Waals surface area (Å²) in [6.07, 6.45) is 3.81. The Bertz CT molecular complexity index is 375. The number of imidazole rings is 1. The van der Waals surface area contributed by atoms with Crippen LogP contribution < -0.4 is 5.32 Å². The summed E-state index contributed by atoms with van der Waals surface area (Å²) in [6, 6.07) is 0. The molecule has 1 saturated heterocycles. The van der Waals surface area contributed by atoms with Crippen LogP contribution in [0.2, 0.25) is 0 Å². The van der Waals surface area contributed by atoms with Crippen molar-refractivity contribution in [1.82, 2.24) is 20.2 Å². The number of piperidine rings is 1. The normalized spacial score (nSPS) is 15.4. The van der Waals surface area contributed by atoms with Crippen molar-refractivity contribution in [2.75, 3.05) is 27.2 Å². The first-order chi connectivity index (χ1) is 7.68. The van der Waals surface area contributed by atoms with E-state index in [-0.39, 0.29) is 30.7 Å². The molecule has 18 heavy (non-hydrogen) atoms. The zero-order chi connectivity index (χ0) is 11.5. The molecule has 5 nitrogen and oxygen atoms in total. The molecule has 104 valence electrons. The smallest absolute Gasteiger partial charge is 0.271 e. The van der Waals surface area contributed by atoms with Gasteiger partial charge in [-0.1, -0.05) is 0 Å². The Labute approximate surface area is 120 Å². The van der Waals surface area contributed by atoms with Crippen molar-refractivity contribution < 1.29 is 4.79 Å². The molecule has 1 aliphatic heterocycles. The van der Waals surface area contributed by atoms with Crippen molar-refractivity contribution in [3.8, 4) is 0 Å². The predicted octanol–water partition coefficient (Wildman–Crippen LogP) is 1.42. The molecule has 2 rings (SSSR count). The Hall–Kier alpha value is -0.780. The van der Waals surface area contributed by atoms with Crippen molar-refractivity contribution in [3.63, 3.8) is 0 Å². The zero-order valence-electron chi connectivity index (χ0n) is 10.6. The van der Waals surface area contributed by atoms with E-state index in [0.717, 1.165) is 31.8 Å². The molecule has 2 N–H and O–H groups in total. The summed E-state index contributed by atoms with van der Waals surface area (Å²) >= 11 is 0. The molecule has 1 fully saturated rings. The summed E-state index contributed by atoms with van der Waals surface area (Å²) in [5, 5.41) is 3.32. The van der Waals surface area contributed by atoms with Gasteiger partial charge in [-0.2, -0.15) is 0 Å². The largest absolute Gasteiger partial charge is 0.343 e. The lowest BCUT2D eigenvalue weighted by molar-refractivity contribution is 0.0822. The number of carbonyl (C=O) groups excluding carboxylic acids is 1.